The van der Waals surface area contributed by atoms with Crippen molar-refractivity contribution in [1.29, 1.82) is 0 Å². The van der Waals surface area contributed by atoms with E-state index in [1.807, 2.05) is 33.8 Å². The standard InChI is InChI=1S/C16H28BrNO2Si/c1-8-14(17)13-18(15(19)20-16(2,3)4)11-9-10-12-21(5,6)7/h8H,9,11,13H2,1-7H3/b14-8+. The largest absolute Gasteiger partial charge is 0.444 e. The molecule has 0 aromatic carbocycles. The Morgan fingerprint density at radius 2 is 1.90 bits per heavy atom. The van der Waals surface area contributed by atoms with Gasteiger partial charge < -0.3 is 9.64 Å². The van der Waals surface area contributed by atoms with Gasteiger partial charge in [-0.2, -0.15) is 0 Å². The van der Waals surface area contributed by atoms with Crippen LogP contribution in [0, 0.1) is 11.5 Å². The summed E-state index contributed by atoms with van der Waals surface area (Å²) in [7, 11) is -1.35. The number of amides is 1. The van der Waals surface area contributed by atoms with Crippen molar-refractivity contribution < 1.29 is 9.53 Å². The smallest absolute Gasteiger partial charge is 0.410 e. The van der Waals surface area contributed by atoms with Crippen molar-refractivity contribution >= 4 is 30.1 Å². The van der Waals surface area contributed by atoms with Crippen molar-refractivity contribution in [3.63, 3.8) is 0 Å². The predicted octanol–water partition coefficient (Wildman–Crippen LogP) is 4.79. The molecule has 21 heavy (non-hydrogen) atoms. The fourth-order valence-electron chi connectivity index (χ4n) is 1.35. The van der Waals surface area contributed by atoms with Crippen LogP contribution in [0.3, 0.4) is 0 Å². The molecule has 0 spiro atoms. The van der Waals surface area contributed by atoms with E-state index in [2.05, 4.69) is 47.0 Å². The number of halogens is 1. The molecule has 0 N–H and O–H groups in total. The molecule has 0 saturated carbocycles. The highest BCUT2D eigenvalue weighted by Crippen LogP contribution is 2.13. The summed E-state index contributed by atoms with van der Waals surface area (Å²) in [4.78, 5) is 13.9. The summed E-state index contributed by atoms with van der Waals surface area (Å²) >= 11 is 3.45. The van der Waals surface area contributed by atoms with E-state index in [0.717, 1.165) is 4.48 Å². The molecule has 0 aromatic rings. The molecule has 0 saturated heterocycles. The lowest BCUT2D eigenvalue weighted by atomic mass is 10.2. The van der Waals surface area contributed by atoms with Crippen molar-refractivity contribution in [2.45, 2.75) is 59.4 Å². The number of allylic oxidation sites excluding steroid dienone is 1. The maximum atomic E-state index is 12.2. The van der Waals surface area contributed by atoms with Crippen LogP contribution < -0.4 is 0 Å². The van der Waals surface area contributed by atoms with Crippen molar-refractivity contribution in [1.82, 2.24) is 4.90 Å². The molecule has 0 rings (SSSR count). The number of hydrogen-bond acceptors (Lipinski definition) is 2. The number of carbonyl (C=O) groups is 1. The topological polar surface area (TPSA) is 29.5 Å². The lowest BCUT2D eigenvalue weighted by Gasteiger charge is -2.27. The van der Waals surface area contributed by atoms with Crippen LogP contribution in [0.5, 0.6) is 0 Å². The van der Waals surface area contributed by atoms with E-state index >= 15 is 0 Å². The van der Waals surface area contributed by atoms with Gasteiger partial charge in [0.2, 0.25) is 0 Å². The zero-order valence-electron chi connectivity index (χ0n) is 14.3. The Hall–Kier alpha value is -0.733. The van der Waals surface area contributed by atoms with Gasteiger partial charge in [-0.15, -0.1) is 11.5 Å². The van der Waals surface area contributed by atoms with Gasteiger partial charge in [-0.25, -0.2) is 4.79 Å². The van der Waals surface area contributed by atoms with E-state index in [1.54, 1.807) is 4.90 Å². The molecule has 0 aliphatic rings. The minimum absolute atomic E-state index is 0.295. The molecule has 0 aromatic heterocycles. The molecule has 0 aliphatic carbocycles. The summed E-state index contributed by atoms with van der Waals surface area (Å²) in [5.74, 6) is 3.19. The monoisotopic (exact) mass is 373 g/mol. The van der Waals surface area contributed by atoms with E-state index in [-0.39, 0.29) is 6.09 Å². The Labute approximate surface area is 139 Å². The Morgan fingerprint density at radius 3 is 2.33 bits per heavy atom. The second-order valence-electron chi connectivity index (χ2n) is 6.94. The third-order valence-electron chi connectivity index (χ3n) is 2.28. The van der Waals surface area contributed by atoms with Crippen LogP contribution in [0.15, 0.2) is 10.6 Å². The highest BCUT2D eigenvalue weighted by molar-refractivity contribution is 9.11. The summed E-state index contributed by atoms with van der Waals surface area (Å²) in [6, 6.07) is 0. The Bertz CT molecular complexity index is 436. The molecule has 0 atom stereocenters. The summed E-state index contributed by atoms with van der Waals surface area (Å²) in [5, 5.41) is 0. The summed E-state index contributed by atoms with van der Waals surface area (Å²) in [5.41, 5.74) is 2.83. The fourth-order valence-corrected chi connectivity index (χ4v) is 2.31. The van der Waals surface area contributed by atoms with Crippen LogP contribution in [-0.4, -0.2) is 37.8 Å². The molecule has 0 radical (unpaired) electrons. The Kier molecular flexibility index (Phi) is 8.35. The first-order valence-electron chi connectivity index (χ1n) is 7.23. The van der Waals surface area contributed by atoms with Crippen molar-refractivity contribution in [2.75, 3.05) is 13.1 Å². The summed E-state index contributed by atoms with van der Waals surface area (Å²) < 4.78 is 6.41. The van der Waals surface area contributed by atoms with Gasteiger partial charge in [0.05, 0.1) is 6.54 Å². The first kappa shape index (κ1) is 20.3. The number of nitrogens with zero attached hydrogens (tertiary/aromatic N) is 1. The van der Waals surface area contributed by atoms with Crippen molar-refractivity contribution in [3.05, 3.63) is 10.6 Å². The van der Waals surface area contributed by atoms with Crippen LogP contribution in [0.25, 0.3) is 0 Å². The van der Waals surface area contributed by atoms with Crippen molar-refractivity contribution in [3.8, 4) is 11.5 Å². The van der Waals surface area contributed by atoms with E-state index in [4.69, 9.17) is 4.74 Å². The zero-order valence-corrected chi connectivity index (χ0v) is 16.9. The highest BCUT2D eigenvalue weighted by atomic mass is 79.9. The van der Waals surface area contributed by atoms with E-state index in [9.17, 15) is 4.79 Å². The third-order valence-corrected chi connectivity index (χ3v) is 3.91. The number of ether oxygens (including phenoxy) is 1. The average molecular weight is 374 g/mol. The molecule has 1 amide bonds. The first-order valence-corrected chi connectivity index (χ1v) is 11.5. The highest BCUT2D eigenvalue weighted by Gasteiger charge is 2.22. The first-order chi connectivity index (χ1) is 9.44. The predicted molar refractivity (Wildman–Crippen MR) is 96.2 cm³/mol. The van der Waals surface area contributed by atoms with E-state index in [0.29, 0.717) is 19.5 Å². The fraction of sp³-hybridized carbons (Fsp3) is 0.688. The van der Waals surface area contributed by atoms with Gasteiger partial charge in [0.15, 0.2) is 0 Å². The van der Waals surface area contributed by atoms with E-state index < -0.39 is 13.7 Å². The minimum atomic E-state index is -1.35. The Balaban J connectivity index is 4.74. The zero-order chi connectivity index (χ0) is 16.7. The van der Waals surface area contributed by atoms with Crippen molar-refractivity contribution in [2.24, 2.45) is 0 Å². The maximum absolute atomic E-state index is 12.2. The summed E-state index contributed by atoms with van der Waals surface area (Å²) in [6.07, 6.45) is 2.31. The van der Waals surface area contributed by atoms with Crippen LogP contribution in [-0.2, 0) is 4.74 Å². The molecular weight excluding hydrogens is 346 g/mol. The van der Waals surface area contributed by atoms with Crippen LogP contribution in [0.1, 0.15) is 34.1 Å². The number of rotatable bonds is 4. The Morgan fingerprint density at radius 1 is 1.33 bits per heavy atom. The maximum Gasteiger partial charge on any atom is 0.410 e. The molecule has 0 fully saturated rings. The second kappa shape index (κ2) is 8.65. The van der Waals surface area contributed by atoms with Gasteiger partial charge in [0, 0.05) is 17.4 Å². The molecule has 0 aliphatic heterocycles. The van der Waals surface area contributed by atoms with E-state index in [1.165, 1.54) is 0 Å². The van der Waals surface area contributed by atoms with Gasteiger partial charge in [-0.3, -0.25) is 0 Å². The summed E-state index contributed by atoms with van der Waals surface area (Å²) in [6.45, 7) is 15.3. The average Bonchev–Trinajstić information content (AvgIpc) is 2.29. The van der Waals surface area contributed by atoms with Gasteiger partial charge in [-0.1, -0.05) is 41.6 Å². The van der Waals surface area contributed by atoms with Gasteiger partial charge in [0.1, 0.15) is 13.7 Å². The molecule has 0 heterocycles. The van der Waals surface area contributed by atoms with Crippen LogP contribution >= 0.6 is 15.9 Å². The molecule has 120 valence electrons. The molecule has 3 nitrogen and oxygen atoms in total. The number of carbonyl (C=O) groups excluding carboxylic acids is 1. The normalized spacial score (nSPS) is 12.5. The van der Waals surface area contributed by atoms with Gasteiger partial charge in [-0.05, 0) is 27.7 Å². The second-order valence-corrected chi connectivity index (χ2v) is 12.7. The van der Waals surface area contributed by atoms with Gasteiger partial charge >= 0.3 is 6.09 Å². The van der Waals surface area contributed by atoms with Gasteiger partial charge in [0.25, 0.3) is 0 Å². The lowest BCUT2D eigenvalue weighted by Crippen LogP contribution is -2.38. The lowest BCUT2D eigenvalue weighted by molar-refractivity contribution is 0.0274. The molecule has 5 heteroatoms. The molecular formula is C16H28BrNO2Si. The SMILES string of the molecule is C/C=C(/Br)CN(CCC#C[Si](C)(C)C)C(=O)OC(C)(C)C. The minimum Gasteiger partial charge on any atom is -0.444 e. The third kappa shape index (κ3) is 11.6. The van der Waals surface area contributed by atoms with Crippen LogP contribution in [0.4, 0.5) is 4.79 Å². The van der Waals surface area contributed by atoms with Crippen LogP contribution in [0.2, 0.25) is 19.6 Å². The molecule has 0 bridgehead atoms. The quantitative estimate of drug-likeness (QED) is 0.523. The molecule has 0 unspecified atom stereocenters. The number of hydrogen-bond donors (Lipinski definition) is 0.